The minimum absolute atomic E-state index is 0.0948. The molecule has 1 atom stereocenters. The molecule has 0 aliphatic carbocycles. The van der Waals surface area contributed by atoms with Crippen LogP contribution < -0.4 is 20.3 Å². The molecular formula is C20H24N4O4S. The molecule has 3 amide bonds. The van der Waals surface area contributed by atoms with Crippen LogP contribution >= 0.6 is 11.3 Å². The van der Waals surface area contributed by atoms with Crippen molar-refractivity contribution in [1.82, 2.24) is 10.3 Å². The number of hydrogen-bond acceptors (Lipinski definition) is 6. The van der Waals surface area contributed by atoms with Crippen LogP contribution in [0.5, 0.6) is 5.75 Å². The predicted molar refractivity (Wildman–Crippen MR) is 111 cm³/mol. The van der Waals surface area contributed by atoms with Crippen molar-refractivity contribution in [2.45, 2.75) is 26.7 Å². The number of ether oxygens (including phenoxy) is 1. The Morgan fingerprint density at radius 3 is 2.62 bits per heavy atom. The maximum absolute atomic E-state index is 12.4. The van der Waals surface area contributed by atoms with Crippen LogP contribution in [0, 0.1) is 19.8 Å². The van der Waals surface area contributed by atoms with Crippen LogP contribution in [0.1, 0.15) is 23.4 Å². The average Bonchev–Trinajstić information content (AvgIpc) is 3.23. The molecule has 3 rings (SSSR count). The zero-order valence-electron chi connectivity index (χ0n) is 16.7. The Morgan fingerprint density at radius 1 is 1.28 bits per heavy atom. The highest BCUT2D eigenvalue weighted by Gasteiger charge is 2.35. The first-order chi connectivity index (χ1) is 13.9. The van der Waals surface area contributed by atoms with Crippen molar-refractivity contribution in [2.75, 3.05) is 30.4 Å². The van der Waals surface area contributed by atoms with Crippen LogP contribution in [0.3, 0.4) is 0 Å². The van der Waals surface area contributed by atoms with Crippen molar-refractivity contribution in [3.8, 4) is 5.75 Å². The number of carbonyl (C=O) groups is 3. The van der Waals surface area contributed by atoms with E-state index in [2.05, 4.69) is 15.6 Å². The number of hydrogen-bond donors (Lipinski definition) is 2. The lowest BCUT2D eigenvalue weighted by atomic mass is 10.1. The monoisotopic (exact) mass is 416 g/mol. The first-order valence-electron chi connectivity index (χ1n) is 9.33. The molecule has 29 heavy (non-hydrogen) atoms. The van der Waals surface area contributed by atoms with Gasteiger partial charge < -0.3 is 20.3 Å². The Balaban J connectivity index is 1.45. The number of benzene rings is 1. The van der Waals surface area contributed by atoms with Crippen LogP contribution in [0.2, 0.25) is 0 Å². The van der Waals surface area contributed by atoms with Gasteiger partial charge in [-0.1, -0.05) is 0 Å². The van der Waals surface area contributed by atoms with Gasteiger partial charge in [0.05, 0.1) is 18.7 Å². The topological polar surface area (TPSA) is 101 Å². The van der Waals surface area contributed by atoms with Crippen molar-refractivity contribution in [2.24, 2.45) is 5.92 Å². The SMILES string of the molecule is COc1ccc(N2C[C@@H](C(=O)NCCC(=O)Nc3nc(C)c(C)s3)CC2=O)cc1. The van der Waals surface area contributed by atoms with Crippen molar-refractivity contribution >= 4 is 39.9 Å². The molecule has 0 unspecified atom stereocenters. The van der Waals surface area contributed by atoms with Gasteiger partial charge in [-0.25, -0.2) is 4.98 Å². The standard InChI is InChI=1S/C20H24N4O4S/c1-12-13(2)29-20(22-12)23-17(25)8-9-21-19(27)14-10-18(26)24(11-14)15-4-6-16(28-3)7-5-15/h4-7,14H,8-11H2,1-3H3,(H,21,27)(H,22,23,25)/t14-/m0/s1. The molecule has 2 heterocycles. The first-order valence-corrected chi connectivity index (χ1v) is 10.1. The zero-order chi connectivity index (χ0) is 21.0. The molecule has 2 N–H and O–H groups in total. The van der Waals surface area contributed by atoms with E-state index in [0.717, 1.165) is 16.3 Å². The summed E-state index contributed by atoms with van der Waals surface area (Å²) in [5, 5.41) is 6.05. The number of anilines is 2. The molecular weight excluding hydrogens is 392 g/mol. The van der Waals surface area contributed by atoms with E-state index in [9.17, 15) is 14.4 Å². The van der Waals surface area contributed by atoms with Gasteiger partial charge in [0.1, 0.15) is 5.75 Å². The predicted octanol–water partition coefficient (Wildman–Crippen LogP) is 2.27. The number of aromatic nitrogens is 1. The number of methoxy groups -OCH3 is 1. The van der Waals surface area contributed by atoms with E-state index in [1.165, 1.54) is 11.3 Å². The van der Waals surface area contributed by atoms with Gasteiger partial charge in [0.2, 0.25) is 17.7 Å². The van der Waals surface area contributed by atoms with Crippen LogP contribution in [0.25, 0.3) is 0 Å². The maximum atomic E-state index is 12.4. The van der Waals surface area contributed by atoms with Gasteiger partial charge in [-0.15, -0.1) is 11.3 Å². The summed E-state index contributed by atoms with van der Waals surface area (Å²) in [5.74, 6) is -0.250. The summed E-state index contributed by atoms with van der Waals surface area (Å²) >= 11 is 1.42. The van der Waals surface area contributed by atoms with E-state index in [1.54, 1.807) is 36.3 Å². The van der Waals surface area contributed by atoms with E-state index in [1.807, 2.05) is 13.8 Å². The molecule has 0 bridgehead atoms. The number of nitrogens with one attached hydrogen (secondary N) is 2. The lowest BCUT2D eigenvalue weighted by Gasteiger charge is -2.17. The highest BCUT2D eigenvalue weighted by Crippen LogP contribution is 2.27. The number of thiazole rings is 1. The summed E-state index contributed by atoms with van der Waals surface area (Å²) in [5.41, 5.74) is 1.63. The Hall–Kier alpha value is -2.94. The molecule has 9 heteroatoms. The summed E-state index contributed by atoms with van der Waals surface area (Å²) in [7, 11) is 1.58. The van der Waals surface area contributed by atoms with E-state index in [4.69, 9.17) is 4.74 Å². The van der Waals surface area contributed by atoms with Crippen LogP contribution in [-0.4, -0.2) is 42.9 Å². The van der Waals surface area contributed by atoms with E-state index in [0.29, 0.717) is 17.4 Å². The fourth-order valence-corrected chi connectivity index (χ4v) is 3.88. The smallest absolute Gasteiger partial charge is 0.227 e. The van der Waals surface area contributed by atoms with Crippen molar-refractivity contribution in [3.05, 3.63) is 34.8 Å². The number of nitrogens with zero attached hydrogens (tertiary/aromatic N) is 2. The van der Waals surface area contributed by atoms with Crippen molar-refractivity contribution < 1.29 is 19.1 Å². The molecule has 1 fully saturated rings. The maximum Gasteiger partial charge on any atom is 0.227 e. The first kappa shape index (κ1) is 20.8. The third-order valence-corrected chi connectivity index (χ3v) is 5.79. The van der Waals surface area contributed by atoms with Crippen LogP contribution in [0.15, 0.2) is 24.3 Å². The van der Waals surface area contributed by atoms with E-state index >= 15 is 0 Å². The molecule has 154 valence electrons. The van der Waals surface area contributed by atoms with Gasteiger partial charge in [0, 0.05) is 36.5 Å². The molecule has 0 radical (unpaired) electrons. The second kappa shape index (κ2) is 9.04. The lowest BCUT2D eigenvalue weighted by Crippen LogP contribution is -2.34. The van der Waals surface area contributed by atoms with Gasteiger partial charge in [-0.3, -0.25) is 14.4 Å². The van der Waals surface area contributed by atoms with Crippen LogP contribution in [-0.2, 0) is 14.4 Å². The normalized spacial score (nSPS) is 16.0. The minimum Gasteiger partial charge on any atom is -0.497 e. The average molecular weight is 417 g/mol. The number of rotatable bonds is 7. The Labute approximate surface area is 173 Å². The summed E-state index contributed by atoms with van der Waals surface area (Å²) in [4.78, 5) is 43.6. The largest absolute Gasteiger partial charge is 0.497 e. The quantitative estimate of drug-likeness (QED) is 0.721. The second-order valence-electron chi connectivity index (χ2n) is 6.85. The number of amides is 3. The molecule has 0 spiro atoms. The Morgan fingerprint density at radius 2 is 2.00 bits per heavy atom. The molecule has 0 saturated carbocycles. The lowest BCUT2D eigenvalue weighted by molar-refractivity contribution is -0.126. The van der Waals surface area contributed by atoms with E-state index < -0.39 is 5.92 Å². The summed E-state index contributed by atoms with van der Waals surface area (Å²) in [6.45, 7) is 4.36. The van der Waals surface area contributed by atoms with Gasteiger partial charge in [-0.05, 0) is 38.1 Å². The summed E-state index contributed by atoms with van der Waals surface area (Å²) in [6.07, 6.45) is 0.300. The summed E-state index contributed by atoms with van der Waals surface area (Å²) < 4.78 is 5.12. The molecule has 2 aromatic rings. The van der Waals surface area contributed by atoms with Gasteiger partial charge in [-0.2, -0.15) is 0 Å². The van der Waals surface area contributed by atoms with Crippen LogP contribution in [0.4, 0.5) is 10.8 Å². The van der Waals surface area contributed by atoms with Crippen molar-refractivity contribution in [1.29, 1.82) is 0 Å². The molecule has 1 aliphatic rings. The van der Waals surface area contributed by atoms with Crippen molar-refractivity contribution in [3.63, 3.8) is 0 Å². The highest BCUT2D eigenvalue weighted by atomic mass is 32.1. The fourth-order valence-electron chi connectivity index (χ4n) is 3.05. The Kier molecular flexibility index (Phi) is 6.48. The zero-order valence-corrected chi connectivity index (χ0v) is 17.5. The number of aryl methyl sites for hydroxylation is 2. The van der Waals surface area contributed by atoms with Gasteiger partial charge in [0.25, 0.3) is 0 Å². The molecule has 1 aromatic carbocycles. The molecule has 1 aromatic heterocycles. The molecule has 1 aliphatic heterocycles. The Bertz CT molecular complexity index is 890. The van der Waals surface area contributed by atoms with E-state index in [-0.39, 0.29) is 37.1 Å². The highest BCUT2D eigenvalue weighted by molar-refractivity contribution is 7.15. The minimum atomic E-state index is -0.433. The molecule has 1 saturated heterocycles. The number of carbonyl (C=O) groups excluding carboxylic acids is 3. The third kappa shape index (κ3) is 5.11. The third-order valence-electron chi connectivity index (χ3n) is 4.81. The van der Waals surface area contributed by atoms with Gasteiger partial charge in [0.15, 0.2) is 5.13 Å². The summed E-state index contributed by atoms with van der Waals surface area (Å²) in [6, 6.07) is 7.15. The fraction of sp³-hybridized carbons (Fsp3) is 0.400. The molecule has 8 nitrogen and oxygen atoms in total. The second-order valence-corrected chi connectivity index (χ2v) is 8.06. The van der Waals surface area contributed by atoms with Gasteiger partial charge >= 0.3 is 0 Å².